The number of hydrogen-bond donors (Lipinski definition) is 1. The molecular weight excluding hydrogens is 542 g/mol. The number of likely N-dealkylation sites (tertiary alicyclic amines) is 1. The molecule has 5 rings (SSSR count). The van der Waals surface area contributed by atoms with Gasteiger partial charge in [-0.2, -0.15) is 0 Å². The Morgan fingerprint density at radius 1 is 1.02 bits per heavy atom. The lowest BCUT2D eigenvalue weighted by Crippen LogP contribution is -2.60. The van der Waals surface area contributed by atoms with Crippen LogP contribution in [0.4, 0.5) is 5.69 Å². The summed E-state index contributed by atoms with van der Waals surface area (Å²) in [5.41, 5.74) is -0.478. The number of ether oxygens (including phenoxy) is 1. The maximum atomic E-state index is 14.8. The van der Waals surface area contributed by atoms with Crippen molar-refractivity contribution >= 4 is 23.4 Å². The van der Waals surface area contributed by atoms with E-state index >= 15 is 0 Å². The van der Waals surface area contributed by atoms with Gasteiger partial charge in [-0.25, -0.2) is 0 Å². The first-order valence-corrected chi connectivity index (χ1v) is 15.2. The number of carbonyl (C=O) groups is 3. The van der Waals surface area contributed by atoms with Gasteiger partial charge in [0.25, 0.3) is 0 Å². The lowest BCUT2D eigenvalue weighted by molar-refractivity contribution is -0.155. The first kappa shape index (κ1) is 30.7. The molecule has 3 aliphatic heterocycles. The lowest BCUT2D eigenvalue weighted by atomic mass is 9.66. The largest absolute Gasteiger partial charge is 0.394 e. The monoisotopic (exact) mass is 585 g/mol. The molecule has 3 aliphatic rings. The van der Waals surface area contributed by atoms with Gasteiger partial charge in [-0.1, -0.05) is 60.7 Å². The highest BCUT2D eigenvalue weighted by molar-refractivity contribution is 6.03. The number of carbonyl (C=O) groups excluding carboxylic acids is 3. The van der Waals surface area contributed by atoms with E-state index in [4.69, 9.17) is 4.74 Å². The van der Waals surface area contributed by atoms with E-state index in [-0.39, 0.29) is 36.9 Å². The van der Waals surface area contributed by atoms with Crippen LogP contribution in [0.15, 0.2) is 86.0 Å². The SMILES string of the molecule is C=CCN(C(=O)[C@@H]1[C@H]2C(=O)N([C@@H](CO)Cc3ccccc3)C(C(=O)N(CC=C)C(C)C)C23CC[C@@]1(C)O3)c1ccccc1. The van der Waals surface area contributed by atoms with E-state index < -0.39 is 35.1 Å². The van der Waals surface area contributed by atoms with Crippen molar-refractivity contribution in [3.8, 4) is 0 Å². The van der Waals surface area contributed by atoms with Crippen LogP contribution in [-0.4, -0.2) is 81.7 Å². The Labute approximate surface area is 254 Å². The summed E-state index contributed by atoms with van der Waals surface area (Å²) in [4.78, 5) is 48.8. The minimum atomic E-state index is -1.20. The number of amides is 3. The van der Waals surface area contributed by atoms with E-state index in [0.717, 1.165) is 5.56 Å². The molecule has 1 spiro atoms. The van der Waals surface area contributed by atoms with Gasteiger partial charge in [-0.15, -0.1) is 13.2 Å². The summed E-state index contributed by atoms with van der Waals surface area (Å²) >= 11 is 0. The third-order valence-electron chi connectivity index (χ3n) is 9.51. The van der Waals surface area contributed by atoms with E-state index in [1.165, 1.54) is 0 Å². The molecule has 0 radical (unpaired) electrons. The van der Waals surface area contributed by atoms with Crippen LogP contribution in [-0.2, 0) is 25.5 Å². The van der Waals surface area contributed by atoms with Crippen molar-refractivity contribution in [1.82, 2.24) is 9.80 Å². The highest BCUT2D eigenvalue weighted by Gasteiger charge is 2.79. The van der Waals surface area contributed by atoms with Crippen LogP contribution in [0, 0.1) is 11.8 Å². The number of fused-ring (bicyclic) bond motifs is 1. The second-order valence-corrected chi connectivity index (χ2v) is 12.4. The van der Waals surface area contributed by atoms with Gasteiger partial charge in [0.05, 0.1) is 30.1 Å². The van der Waals surface area contributed by atoms with E-state index in [2.05, 4.69) is 13.2 Å². The van der Waals surface area contributed by atoms with Gasteiger partial charge in [0.1, 0.15) is 11.6 Å². The highest BCUT2D eigenvalue weighted by atomic mass is 16.5. The second kappa shape index (κ2) is 12.1. The van der Waals surface area contributed by atoms with Crippen molar-refractivity contribution in [3.63, 3.8) is 0 Å². The van der Waals surface area contributed by atoms with Crippen molar-refractivity contribution in [2.45, 2.75) is 69.4 Å². The minimum Gasteiger partial charge on any atom is -0.394 e. The van der Waals surface area contributed by atoms with Gasteiger partial charge in [-0.3, -0.25) is 14.4 Å². The number of aliphatic hydroxyl groups excluding tert-OH is 1. The zero-order chi connectivity index (χ0) is 30.9. The molecule has 3 fully saturated rings. The van der Waals surface area contributed by atoms with E-state index in [9.17, 15) is 19.5 Å². The lowest BCUT2D eigenvalue weighted by Gasteiger charge is -2.40. The summed E-state index contributed by atoms with van der Waals surface area (Å²) in [7, 11) is 0. The molecule has 2 aromatic rings. The van der Waals surface area contributed by atoms with Gasteiger partial charge in [0.2, 0.25) is 17.7 Å². The Morgan fingerprint density at radius 2 is 1.65 bits per heavy atom. The standard InChI is InChI=1S/C35H43N3O5/c1-6-20-36(24(3)4)33(42)30-35-19-18-34(5,43-35)28(31(40)37(21-7-2)26-16-12-9-13-17-26)29(35)32(41)38(30)27(23-39)22-25-14-10-8-11-15-25/h6-17,24,27-30,39H,1-2,18-23H2,3-5H3/t27-,28+,29+,30?,34-,35?/m1/s1. The Morgan fingerprint density at radius 3 is 2.23 bits per heavy atom. The van der Waals surface area contributed by atoms with Crippen molar-refractivity contribution in [1.29, 1.82) is 0 Å². The fourth-order valence-corrected chi connectivity index (χ4v) is 7.63. The van der Waals surface area contributed by atoms with Crippen molar-refractivity contribution < 1.29 is 24.2 Å². The molecule has 2 unspecified atom stereocenters. The minimum absolute atomic E-state index is 0.160. The Kier molecular flexibility index (Phi) is 8.63. The summed E-state index contributed by atoms with van der Waals surface area (Å²) in [6, 6.07) is 17.1. The maximum absolute atomic E-state index is 14.8. The number of rotatable bonds is 12. The quantitative estimate of drug-likeness (QED) is 0.381. The Hall–Kier alpha value is -3.75. The first-order chi connectivity index (χ1) is 20.6. The van der Waals surface area contributed by atoms with Crippen LogP contribution in [0.2, 0.25) is 0 Å². The van der Waals surface area contributed by atoms with Crippen LogP contribution in [0.5, 0.6) is 0 Å². The topological polar surface area (TPSA) is 90.4 Å². The molecule has 8 heteroatoms. The smallest absolute Gasteiger partial charge is 0.248 e. The van der Waals surface area contributed by atoms with Gasteiger partial charge in [0, 0.05) is 24.8 Å². The number of nitrogens with zero attached hydrogens (tertiary/aromatic N) is 3. The molecule has 0 aromatic heterocycles. The average molecular weight is 586 g/mol. The molecule has 2 aromatic carbocycles. The molecule has 0 saturated carbocycles. The number of hydrogen-bond acceptors (Lipinski definition) is 5. The second-order valence-electron chi connectivity index (χ2n) is 12.4. The average Bonchev–Trinajstić information content (AvgIpc) is 3.58. The number of benzene rings is 2. The fraction of sp³-hybridized carbons (Fsp3) is 0.457. The van der Waals surface area contributed by atoms with Crippen molar-refractivity contribution in [2.75, 3.05) is 24.6 Å². The van der Waals surface area contributed by atoms with Crippen molar-refractivity contribution in [2.24, 2.45) is 11.8 Å². The molecule has 3 amide bonds. The molecule has 0 aliphatic carbocycles. The summed E-state index contributed by atoms with van der Waals surface area (Å²) in [6.07, 6.45) is 4.71. The molecule has 2 bridgehead atoms. The molecule has 43 heavy (non-hydrogen) atoms. The summed E-state index contributed by atoms with van der Waals surface area (Å²) < 4.78 is 6.87. The van der Waals surface area contributed by atoms with Gasteiger partial charge < -0.3 is 24.5 Å². The zero-order valence-electron chi connectivity index (χ0n) is 25.4. The normalized spacial score (nSPS) is 28.1. The fourth-order valence-electron chi connectivity index (χ4n) is 7.63. The zero-order valence-corrected chi connectivity index (χ0v) is 25.4. The predicted octanol–water partition coefficient (Wildman–Crippen LogP) is 4.00. The molecule has 228 valence electrons. The molecule has 3 heterocycles. The van der Waals surface area contributed by atoms with Gasteiger partial charge in [-0.05, 0) is 57.7 Å². The van der Waals surface area contributed by atoms with Crippen LogP contribution in [0.25, 0.3) is 0 Å². The maximum Gasteiger partial charge on any atom is 0.248 e. The molecular formula is C35H43N3O5. The molecule has 8 nitrogen and oxygen atoms in total. The number of para-hydroxylation sites is 1. The number of anilines is 1. The van der Waals surface area contributed by atoms with E-state index in [0.29, 0.717) is 31.5 Å². The Bertz CT molecular complexity index is 1360. The summed E-state index contributed by atoms with van der Waals surface area (Å²) in [5, 5.41) is 10.7. The third kappa shape index (κ3) is 5.10. The molecule has 6 atom stereocenters. The van der Waals surface area contributed by atoms with Crippen LogP contribution in [0.3, 0.4) is 0 Å². The number of aliphatic hydroxyl groups is 1. The van der Waals surface area contributed by atoms with Gasteiger partial charge >= 0.3 is 0 Å². The van der Waals surface area contributed by atoms with Crippen LogP contribution in [0.1, 0.15) is 39.2 Å². The van der Waals surface area contributed by atoms with Crippen LogP contribution >= 0.6 is 0 Å². The van der Waals surface area contributed by atoms with Crippen molar-refractivity contribution in [3.05, 3.63) is 91.5 Å². The Balaban J connectivity index is 1.62. The predicted molar refractivity (Wildman–Crippen MR) is 166 cm³/mol. The highest BCUT2D eigenvalue weighted by Crippen LogP contribution is 2.64. The molecule has 1 N–H and O–H groups in total. The molecule has 3 saturated heterocycles. The summed E-state index contributed by atoms with van der Waals surface area (Å²) in [5.74, 6) is -2.47. The van der Waals surface area contributed by atoms with E-state index in [1.807, 2.05) is 81.4 Å². The van der Waals surface area contributed by atoms with Crippen LogP contribution < -0.4 is 4.90 Å². The van der Waals surface area contributed by atoms with E-state index in [1.54, 1.807) is 26.9 Å². The first-order valence-electron chi connectivity index (χ1n) is 15.2. The third-order valence-corrected chi connectivity index (χ3v) is 9.51. The summed E-state index contributed by atoms with van der Waals surface area (Å²) in [6.45, 7) is 13.7. The van der Waals surface area contributed by atoms with Gasteiger partial charge in [0.15, 0.2) is 0 Å².